The number of hydrogen-bond donors (Lipinski definition) is 1. The van der Waals surface area contributed by atoms with E-state index >= 15 is 0 Å². The first kappa shape index (κ1) is 18.1. The van der Waals surface area contributed by atoms with Gasteiger partial charge in [-0.25, -0.2) is 0 Å². The highest BCUT2D eigenvalue weighted by molar-refractivity contribution is 6.30. The van der Waals surface area contributed by atoms with Crippen molar-refractivity contribution in [3.8, 4) is 5.75 Å². The number of benzene rings is 1. The highest BCUT2D eigenvalue weighted by atomic mass is 35.5. The van der Waals surface area contributed by atoms with Crippen molar-refractivity contribution in [2.45, 2.75) is 64.7 Å². The first-order valence-electron chi connectivity index (χ1n) is 8.30. The molecule has 1 fully saturated rings. The van der Waals surface area contributed by atoms with Crippen molar-refractivity contribution in [3.05, 3.63) is 28.8 Å². The van der Waals surface area contributed by atoms with E-state index in [4.69, 9.17) is 21.1 Å². The van der Waals surface area contributed by atoms with Crippen LogP contribution in [-0.4, -0.2) is 30.8 Å². The number of amides is 1. The molecule has 0 aromatic heterocycles. The van der Waals surface area contributed by atoms with Crippen LogP contribution in [0.5, 0.6) is 5.75 Å². The molecule has 23 heavy (non-hydrogen) atoms. The number of carbonyl (C=O) groups excluding carboxylic acids is 1. The Morgan fingerprint density at radius 1 is 1.48 bits per heavy atom. The zero-order valence-electron chi connectivity index (χ0n) is 14.1. The lowest BCUT2D eigenvalue weighted by Crippen LogP contribution is -2.41. The van der Waals surface area contributed by atoms with Gasteiger partial charge in [0.2, 0.25) is 0 Å². The second kappa shape index (κ2) is 8.55. The quantitative estimate of drug-likeness (QED) is 0.820. The zero-order chi connectivity index (χ0) is 16.8. The van der Waals surface area contributed by atoms with Crippen LogP contribution in [0.4, 0.5) is 0 Å². The summed E-state index contributed by atoms with van der Waals surface area (Å²) in [5.41, 5.74) is 0.920. The van der Waals surface area contributed by atoms with Gasteiger partial charge in [0.25, 0.3) is 5.91 Å². The molecule has 0 radical (unpaired) electrons. The third-order valence-electron chi connectivity index (χ3n) is 4.14. The molecule has 0 saturated carbocycles. The molecule has 4 nitrogen and oxygen atoms in total. The molecule has 1 amide bonds. The number of ether oxygens (including phenoxy) is 2. The van der Waals surface area contributed by atoms with Gasteiger partial charge in [0, 0.05) is 17.7 Å². The van der Waals surface area contributed by atoms with E-state index in [-0.39, 0.29) is 11.9 Å². The van der Waals surface area contributed by atoms with Gasteiger partial charge < -0.3 is 14.8 Å². The van der Waals surface area contributed by atoms with Crippen LogP contribution in [-0.2, 0) is 9.53 Å². The van der Waals surface area contributed by atoms with E-state index in [2.05, 4.69) is 5.32 Å². The summed E-state index contributed by atoms with van der Waals surface area (Å²) in [6.45, 7) is 6.57. The zero-order valence-corrected chi connectivity index (χ0v) is 14.9. The van der Waals surface area contributed by atoms with E-state index in [1.165, 1.54) is 0 Å². The van der Waals surface area contributed by atoms with Gasteiger partial charge in [-0.3, -0.25) is 4.79 Å². The Hall–Kier alpha value is -1.26. The fourth-order valence-electron chi connectivity index (χ4n) is 2.73. The van der Waals surface area contributed by atoms with Crippen molar-refractivity contribution in [2.24, 2.45) is 0 Å². The van der Waals surface area contributed by atoms with E-state index in [0.29, 0.717) is 16.9 Å². The predicted octanol–water partition coefficient (Wildman–Crippen LogP) is 3.88. The number of carbonyl (C=O) groups is 1. The molecule has 1 heterocycles. The molecule has 5 heteroatoms. The predicted molar refractivity (Wildman–Crippen MR) is 92.1 cm³/mol. The molecule has 1 saturated heterocycles. The molecule has 0 unspecified atom stereocenters. The summed E-state index contributed by atoms with van der Waals surface area (Å²) < 4.78 is 11.4. The molecule has 1 aliphatic heterocycles. The van der Waals surface area contributed by atoms with Crippen molar-refractivity contribution in [3.63, 3.8) is 0 Å². The maximum absolute atomic E-state index is 12.2. The fourth-order valence-corrected chi connectivity index (χ4v) is 2.96. The molecule has 1 aromatic carbocycles. The molecule has 1 aromatic rings. The first-order chi connectivity index (χ1) is 11.0. The Kier molecular flexibility index (Phi) is 6.72. The first-order valence-corrected chi connectivity index (χ1v) is 8.68. The average Bonchev–Trinajstić information content (AvgIpc) is 3.01. The van der Waals surface area contributed by atoms with E-state index in [9.17, 15) is 4.79 Å². The Morgan fingerprint density at radius 2 is 2.26 bits per heavy atom. The van der Waals surface area contributed by atoms with Crippen LogP contribution < -0.4 is 10.1 Å². The van der Waals surface area contributed by atoms with Gasteiger partial charge in [0.1, 0.15) is 5.75 Å². The minimum Gasteiger partial charge on any atom is -0.481 e. The summed E-state index contributed by atoms with van der Waals surface area (Å²) in [7, 11) is 0. The number of rotatable bonds is 7. The Bertz CT molecular complexity index is 529. The lowest BCUT2D eigenvalue weighted by Gasteiger charge is -2.20. The Balaban J connectivity index is 1.77. The molecular weight excluding hydrogens is 314 g/mol. The van der Waals surface area contributed by atoms with Crippen molar-refractivity contribution >= 4 is 17.5 Å². The number of halogens is 1. The van der Waals surface area contributed by atoms with E-state index in [0.717, 1.165) is 37.9 Å². The summed E-state index contributed by atoms with van der Waals surface area (Å²) >= 11 is 5.93. The topological polar surface area (TPSA) is 47.6 Å². The smallest absolute Gasteiger partial charge is 0.260 e. The van der Waals surface area contributed by atoms with Gasteiger partial charge in [0.05, 0.1) is 6.10 Å². The van der Waals surface area contributed by atoms with E-state index in [1.54, 1.807) is 19.1 Å². The number of aryl methyl sites for hydroxylation is 1. The molecule has 1 aliphatic rings. The van der Waals surface area contributed by atoms with Crippen molar-refractivity contribution in [1.82, 2.24) is 5.32 Å². The van der Waals surface area contributed by atoms with Gasteiger partial charge in [-0.05, 0) is 70.2 Å². The summed E-state index contributed by atoms with van der Waals surface area (Å²) in [6, 6.07) is 5.50. The molecule has 128 valence electrons. The highest BCUT2D eigenvalue weighted by Crippen LogP contribution is 2.23. The molecular formula is C18H26ClNO3. The SMILES string of the molecule is Cc1cc(Cl)ccc1O[C@H](C)C(=O)N[C@@H](C)CC[C@@H]1CCCO1. The van der Waals surface area contributed by atoms with Crippen LogP contribution in [0.3, 0.4) is 0 Å². The van der Waals surface area contributed by atoms with Crippen molar-refractivity contribution in [1.29, 1.82) is 0 Å². The standard InChI is InChI=1S/C18H26ClNO3/c1-12-11-15(19)7-9-17(12)23-14(3)18(21)20-13(2)6-8-16-5-4-10-22-16/h7,9,11,13-14,16H,4-6,8,10H2,1-3H3,(H,20,21)/t13-,14+,16-/m0/s1. The largest absolute Gasteiger partial charge is 0.481 e. The number of hydrogen-bond acceptors (Lipinski definition) is 3. The summed E-state index contributed by atoms with van der Waals surface area (Å²) in [5, 5.41) is 3.67. The van der Waals surface area contributed by atoms with Gasteiger partial charge in [0.15, 0.2) is 6.10 Å². The summed E-state index contributed by atoms with van der Waals surface area (Å²) in [6.07, 6.45) is 4.02. The normalized spacial score (nSPS) is 20.1. The summed E-state index contributed by atoms with van der Waals surface area (Å²) in [5.74, 6) is 0.586. The highest BCUT2D eigenvalue weighted by Gasteiger charge is 2.20. The minimum atomic E-state index is -0.542. The fraction of sp³-hybridized carbons (Fsp3) is 0.611. The monoisotopic (exact) mass is 339 g/mol. The van der Waals surface area contributed by atoms with Crippen LogP contribution in [0.25, 0.3) is 0 Å². The van der Waals surface area contributed by atoms with Crippen LogP contribution in [0.2, 0.25) is 5.02 Å². The lowest BCUT2D eigenvalue weighted by molar-refractivity contribution is -0.128. The Morgan fingerprint density at radius 3 is 2.91 bits per heavy atom. The molecule has 0 aliphatic carbocycles. The Labute approximate surface area is 143 Å². The average molecular weight is 340 g/mol. The minimum absolute atomic E-state index is 0.0980. The molecule has 0 spiro atoms. The van der Waals surface area contributed by atoms with Gasteiger partial charge >= 0.3 is 0 Å². The second-order valence-electron chi connectivity index (χ2n) is 6.29. The molecule has 3 atom stereocenters. The maximum atomic E-state index is 12.2. The number of nitrogens with one attached hydrogen (secondary N) is 1. The van der Waals surface area contributed by atoms with Crippen LogP contribution in [0.1, 0.15) is 45.1 Å². The van der Waals surface area contributed by atoms with E-state index in [1.807, 2.05) is 19.9 Å². The molecule has 1 N–H and O–H groups in total. The van der Waals surface area contributed by atoms with Crippen LogP contribution >= 0.6 is 11.6 Å². The second-order valence-corrected chi connectivity index (χ2v) is 6.73. The van der Waals surface area contributed by atoms with Gasteiger partial charge in [-0.2, -0.15) is 0 Å². The van der Waals surface area contributed by atoms with Crippen molar-refractivity contribution in [2.75, 3.05) is 6.61 Å². The van der Waals surface area contributed by atoms with Crippen LogP contribution in [0, 0.1) is 6.92 Å². The third kappa shape index (κ3) is 5.70. The lowest BCUT2D eigenvalue weighted by atomic mass is 10.1. The van der Waals surface area contributed by atoms with Gasteiger partial charge in [-0.1, -0.05) is 11.6 Å². The van der Waals surface area contributed by atoms with Crippen LogP contribution in [0.15, 0.2) is 18.2 Å². The maximum Gasteiger partial charge on any atom is 0.260 e. The van der Waals surface area contributed by atoms with Crippen molar-refractivity contribution < 1.29 is 14.3 Å². The van der Waals surface area contributed by atoms with Gasteiger partial charge in [-0.15, -0.1) is 0 Å². The molecule has 2 rings (SSSR count). The summed E-state index contributed by atoms with van der Waals surface area (Å²) in [4.78, 5) is 12.2. The third-order valence-corrected chi connectivity index (χ3v) is 4.38. The molecule has 0 bridgehead atoms. The van der Waals surface area contributed by atoms with E-state index < -0.39 is 6.10 Å².